The molecule has 0 aliphatic carbocycles. The van der Waals surface area contributed by atoms with Crippen LogP contribution in [-0.4, -0.2) is 42.8 Å². The van der Waals surface area contributed by atoms with Gasteiger partial charge in [0, 0.05) is 25.2 Å². The molecule has 18 heavy (non-hydrogen) atoms. The molecule has 2 rings (SSSR count). The second kappa shape index (κ2) is 6.36. The Hall–Kier alpha value is -0.120. The Bertz CT molecular complexity index is 257. The van der Waals surface area contributed by atoms with Crippen LogP contribution in [0.25, 0.3) is 0 Å². The Balaban J connectivity index is 1.96. The molecule has 4 unspecified atom stereocenters. The summed E-state index contributed by atoms with van der Waals surface area (Å²) in [5.74, 6) is 1.48. The van der Waals surface area contributed by atoms with Crippen LogP contribution >= 0.6 is 0 Å². The average Bonchev–Trinajstić information content (AvgIpc) is 2.38. The van der Waals surface area contributed by atoms with Crippen LogP contribution in [0.2, 0.25) is 0 Å². The third kappa shape index (κ3) is 3.25. The molecule has 2 aliphatic rings. The van der Waals surface area contributed by atoms with E-state index < -0.39 is 0 Å². The molecule has 0 aromatic carbocycles. The summed E-state index contributed by atoms with van der Waals surface area (Å²) < 4.78 is 5.89. The van der Waals surface area contributed by atoms with Crippen LogP contribution in [0.5, 0.6) is 0 Å². The Labute approximate surface area is 112 Å². The van der Waals surface area contributed by atoms with Crippen molar-refractivity contribution in [3.8, 4) is 0 Å². The van der Waals surface area contributed by atoms with E-state index in [9.17, 15) is 0 Å². The minimum Gasteiger partial charge on any atom is -0.378 e. The molecule has 2 heterocycles. The van der Waals surface area contributed by atoms with E-state index in [0.717, 1.165) is 19.1 Å². The van der Waals surface area contributed by atoms with E-state index in [1.54, 1.807) is 0 Å². The van der Waals surface area contributed by atoms with Crippen molar-refractivity contribution in [1.82, 2.24) is 4.90 Å². The topological polar surface area (TPSA) is 38.5 Å². The van der Waals surface area contributed by atoms with Crippen molar-refractivity contribution in [2.75, 3.05) is 19.7 Å². The van der Waals surface area contributed by atoms with Crippen molar-refractivity contribution in [3.05, 3.63) is 0 Å². The lowest BCUT2D eigenvalue weighted by Gasteiger charge is -2.46. The molecule has 4 atom stereocenters. The number of nitrogens with zero attached hydrogens (tertiary/aromatic N) is 1. The predicted octanol–water partition coefficient (Wildman–Crippen LogP) is 2.25. The number of piperidine rings is 1. The summed E-state index contributed by atoms with van der Waals surface area (Å²) in [7, 11) is 0. The number of likely N-dealkylation sites (tertiary alicyclic amines) is 1. The molecule has 106 valence electrons. The highest BCUT2D eigenvalue weighted by atomic mass is 16.5. The summed E-state index contributed by atoms with van der Waals surface area (Å²) in [6.45, 7) is 9.88. The van der Waals surface area contributed by atoms with Crippen LogP contribution in [0.1, 0.15) is 46.5 Å². The van der Waals surface area contributed by atoms with E-state index in [1.165, 1.54) is 32.2 Å². The highest BCUT2D eigenvalue weighted by Crippen LogP contribution is 2.30. The molecule has 0 saturated carbocycles. The second-order valence-corrected chi connectivity index (χ2v) is 6.59. The maximum atomic E-state index is 5.98. The summed E-state index contributed by atoms with van der Waals surface area (Å²) in [6.07, 6.45) is 5.44. The standard InChI is InChI=1S/C15H30N2O/c1-11(2)15-9-13(5-7-18-15)17-6-4-12(3)8-14(17)10-16/h11-15H,4-10,16H2,1-3H3. The number of hydrogen-bond acceptors (Lipinski definition) is 3. The highest BCUT2D eigenvalue weighted by molar-refractivity contribution is 4.89. The van der Waals surface area contributed by atoms with Crippen LogP contribution in [0.15, 0.2) is 0 Å². The van der Waals surface area contributed by atoms with E-state index in [2.05, 4.69) is 25.7 Å². The quantitative estimate of drug-likeness (QED) is 0.839. The van der Waals surface area contributed by atoms with E-state index in [0.29, 0.717) is 24.1 Å². The molecule has 0 radical (unpaired) electrons. The van der Waals surface area contributed by atoms with E-state index in [-0.39, 0.29) is 0 Å². The van der Waals surface area contributed by atoms with Crippen molar-refractivity contribution in [2.45, 2.75) is 64.6 Å². The number of hydrogen-bond donors (Lipinski definition) is 1. The molecule has 3 heteroatoms. The van der Waals surface area contributed by atoms with Gasteiger partial charge in [-0.05, 0) is 44.1 Å². The zero-order chi connectivity index (χ0) is 13.1. The number of nitrogens with two attached hydrogens (primary N) is 1. The molecule has 2 saturated heterocycles. The summed E-state index contributed by atoms with van der Waals surface area (Å²) in [5, 5.41) is 0. The van der Waals surface area contributed by atoms with Crippen molar-refractivity contribution in [1.29, 1.82) is 0 Å². The first kappa shape index (κ1) is 14.3. The van der Waals surface area contributed by atoms with Crippen molar-refractivity contribution < 1.29 is 4.74 Å². The van der Waals surface area contributed by atoms with Gasteiger partial charge < -0.3 is 10.5 Å². The fourth-order valence-electron chi connectivity index (χ4n) is 3.56. The summed E-state index contributed by atoms with van der Waals surface area (Å²) in [6, 6.07) is 1.30. The van der Waals surface area contributed by atoms with Gasteiger partial charge in [-0.1, -0.05) is 20.8 Å². The van der Waals surface area contributed by atoms with Crippen LogP contribution in [-0.2, 0) is 4.74 Å². The molecular weight excluding hydrogens is 224 g/mol. The Kier molecular flexibility index (Phi) is 5.05. The lowest BCUT2D eigenvalue weighted by Crippen LogP contribution is -2.54. The molecule has 0 aromatic heterocycles. The molecule has 0 bridgehead atoms. The maximum absolute atomic E-state index is 5.98. The predicted molar refractivity (Wildman–Crippen MR) is 75.5 cm³/mol. The summed E-state index contributed by atoms with van der Waals surface area (Å²) in [4.78, 5) is 2.69. The fraction of sp³-hybridized carbons (Fsp3) is 1.00. The summed E-state index contributed by atoms with van der Waals surface area (Å²) in [5.41, 5.74) is 5.98. The Morgan fingerprint density at radius 3 is 2.72 bits per heavy atom. The monoisotopic (exact) mass is 254 g/mol. The first-order valence-corrected chi connectivity index (χ1v) is 7.69. The first-order valence-electron chi connectivity index (χ1n) is 7.69. The molecule has 3 nitrogen and oxygen atoms in total. The average molecular weight is 254 g/mol. The molecule has 2 N–H and O–H groups in total. The number of rotatable bonds is 3. The van der Waals surface area contributed by atoms with E-state index in [1.807, 2.05) is 0 Å². The van der Waals surface area contributed by atoms with Crippen molar-refractivity contribution in [3.63, 3.8) is 0 Å². The molecule has 2 aliphatic heterocycles. The zero-order valence-corrected chi connectivity index (χ0v) is 12.3. The maximum Gasteiger partial charge on any atom is 0.0612 e. The third-order valence-electron chi connectivity index (χ3n) is 4.80. The van der Waals surface area contributed by atoms with Gasteiger partial charge in [0.2, 0.25) is 0 Å². The molecule has 0 spiro atoms. The van der Waals surface area contributed by atoms with Gasteiger partial charge in [0.15, 0.2) is 0 Å². The second-order valence-electron chi connectivity index (χ2n) is 6.59. The largest absolute Gasteiger partial charge is 0.378 e. The molecule has 2 fully saturated rings. The molecule has 0 amide bonds. The highest BCUT2D eigenvalue weighted by Gasteiger charge is 2.34. The van der Waals surface area contributed by atoms with Gasteiger partial charge in [0.1, 0.15) is 0 Å². The van der Waals surface area contributed by atoms with Gasteiger partial charge >= 0.3 is 0 Å². The van der Waals surface area contributed by atoms with Crippen LogP contribution in [0, 0.1) is 11.8 Å². The van der Waals surface area contributed by atoms with Gasteiger partial charge in [-0.2, -0.15) is 0 Å². The lowest BCUT2D eigenvalue weighted by atomic mass is 9.87. The SMILES string of the molecule is CC1CCN(C2CCOC(C(C)C)C2)C(CN)C1. The van der Waals surface area contributed by atoms with Gasteiger partial charge in [0.05, 0.1) is 6.10 Å². The van der Waals surface area contributed by atoms with E-state index in [4.69, 9.17) is 10.5 Å². The Morgan fingerprint density at radius 2 is 2.06 bits per heavy atom. The zero-order valence-electron chi connectivity index (χ0n) is 12.3. The summed E-state index contributed by atoms with van der Waals surface area (Å²) >= 11 is 0. The van der Waals surface area contributed by atoms with Crippen LogP contribution in [0.3, 0.4) is 0 Å². The van der Waals surface area contributed by atoms with Gasteiger partial charge in [-0.15, -0.1) is 0 Å². The normalized spacial score (nSPS) is 39.2. The van der Waals surface area contributed by atoms with Gasteiger partial charge in [-0.3, -0.25) is 4.90 Å². The van der Waals surface area contributed by atoms with Crippen LogP contribution in [0.4, 0.5) is 0 Å². The van der Waals surface area contributed by atoms with Gasteiger partial charge in [0.25, 0.3) is 0 Å². The van der Waals surface area contributed by atoms with Crippen molar-refractivity contribution >= 4 is 0 Å². The minimum absolute atomic E-state index is 0.446. The first-order chi connectivity index (χ1) is 8.61. The minimum atomic E-state index is 0.446. The van der Waals surface area contributed by atoms with E-state index >= 15 is 0 Å². The Morgan fingerprint density at radius 1 is 1.28 bits per heavy atom. The smallest absolute Gasteiger partial charge is 0.0612 e. The van der Waals surface area contributed by atoms with Crippen LogP contribution < -0.4 is 5.73 Å². The van der Waals surface area contributed by atoms with Crippen molar-refractivity contribution in [2.24, 2.45) is 17.6 Å². The third-order valence-corrected chi connectivity index (χ3v) is 4.80. The number of ether oxygens (including phenoxy) is 1. The molecule has 0 aromatic rings. The molecular formula is C15H30N2O. The van der Waals surface area contributed by atoms with Gasteiger partial charge in [-0.25, -0.2) is 0 Å². The fourth-order valence-corrected chi connectivity index (χ4v) is 3.56. The lowest BCUT2D eigenvalue weighted by molar-refractivity contribution is -0.0634.